The summed E-state index contributed by atoms with van der Waals surface area (Å²) >= 11 is 5.81. The predicted molar refractivity (Wildman–Crippen MR) is 144 cm³/mol. The van der Waals surface area contributed by atoms with Crippen LogP contribution in [0.1, 0.15) is 58.5 Å². The van der Waals surface area contributed by atoms with E-state index in [0.717, 1.165) is 31.5 Å². The summed E-state index contributed by atoms with van der Waals surface area (Å²) in [5.41, 5.74) is 18.5. The van der Waals surface area contributed by atoms with E-state index in [1.165, 1.54) is 0 Å². The van der Waals surface area contributed by atoms with Gasteiger partial charge in [0.15, 0.2) is 34.2 Å². The SMILES string of the molecule is NC(=NC1CCN(Cc2ccc(C(=O)CCCCS(=O)(=O)O)cc2)CC1)NC(=O)c1nc(Cl)c(N)nc1N. The molecule has 0 aliphatic carbocycles. The molecular weight excluding hydrogens is 536 g/mol. The molecular formula is C23H31ClN8O5S. The molecule has 1 saturated heterocycles. The number of hydrogen-bond acceptors (Lipinski definition) is 10. The number of benzene rings is 1. The number of carbonyl (C=O) groups is 2. The van der Waals surface area contributed by atoms with Crippen molar-refractivity contribution in [2.45, 2.75) is 44.7 Å². The molecule has 1 aromatic heterocycles. The third kappa shape index (κ3) is 8.90. The van der Waals surface area contributed by atoms with Crippen molar-refractivity contribution in [2.24, 2.45) is 10.7 Å². The van der Waals surface area contributed by atoms with Gasteiger partial charge in [0.2, 0.25) is 0 Å². The van der Waals surface area contributed by atoms with Crippen molar-refractivity contribution in [2.75, 3.05) is 30.3 Å². The number of nitrogen functional groups attached to an aromatic ring is 2. The summed E-state index contributed by atoms with van der Waals surface area (Å²) in [6, 6.07) is 7.28. The van der Waals surface area contributed by atoms with E-state index in [1.54, 1.807) is 12.1 Å². The Balaban J connectivity index is 1.44. The minimum absolute atomic E-state index is 0.0548. The van der Waals surface area contributed by atoms with Gasteiger partial charge in [-0.3, -0.25) is 24.4 Å². The van der Waals surface area contributed by atoms with Gasteiger partial charge in [0.25, 0.3) is 16.0 Å². The number of guanidine groups is 1. The third-order valence-electron chi connectivity index (χ3n) is 5.98. The van der Waals surface area contributed by atoms with Gasteiger partial charge >= 0.3 is 0 Å². The molecule has 38 heavy (non-hydrogen) atoms. The maximum atomic E-state index is 12.4. The average molecular weight is 567 g/mol. The van der Waals surface area contributed by atoms with Gasteiger partial charge in [-0.1, -0.05) is 35.9 Å². The molecule has 15 heteroatoms. The summed E-state index contributed by atoms with van der Waals surface area (Å²) in [5, 5.41) is 2.31. The van der Waals surface area contributed by atoms with Gasteiger partial charge in [-0.2, -0.15) is 8.42 Å². The van der Waals surface area contributed by atoms with Crippen LogP contribution in [-0.4, -0.2) is 70.4 Å². The van der Waals surface area contributed by atoms with Crippen LogP contribution < -0.4 is 22.5 Å². The maximum Gasteiger partial charge on any atom is 0.280 e. The van der Waals surface area contributed by atoms with Crippen LogP contribution in [0.2, 0.25) is 5.15 Å². The Hall–Kier alpha value is -3.33. The zero-order chi connectivity index (χ0) is 27.9. The van der Waals surface area contributed by atoms with E-state index >= 15 is 0 Å². The smallest absolute Gasteiger partial charge is 0.280 e. The van der Waals surface area contributed by atoms with E-state index < -0.39 is 16.0 Å². The molecule has 0 atom stereocenters. The number of halogens is 1. The molecule has 2 aromatic rings. The number of aliphatic imine (C=N–C) groups is 1. The van der Waals surface area contributed by atoms with Crippen LogP contribution in [0.5, 0.6) is 0 Å². The number of amides is 1. The van der Waals surface area contributed by atoms with Crippen molar-refractivity contribution in [3.63, 3.8) is 0 Å². The van der Waals surface area contributed by atoms with Gasteiger partial charge < -0.3 is 17.2 Å². The van der Waals surface area contributed by atoms with Crippen molar-refractivity contribution in [3.05, 3.63) is 46.2 Å². The number of nitrogens with two attached hydrogens (primary N) is 3. The number of likely N-dealkylation sites (tertiary alicyclic amines) is 1. The average Bonchev–Trinajstić information content (AvgIpc) is 2.85. The van der Waals surface area contributed by atoms with Crippen molar-refractivity contribution in [1.82, 2.24) is 20.2 Å². The summed E-state index contributed by atoms with van der Waals surface area (Å²) < 4.78 is 30.3. The molecule has 0 unspecified atom stereocenters. The Labute approximate surface area is 225 Å². The molecule has 3 rings (SSSR count). The number of anilines is 2. The first-order valence-electron chi connectivity index (χ1n) is 11.9. The summed E-state index contributed by atoms with van der Waals surface area (Å²) in [4.78, 5) is 38.9. The van der Waals surface area contributed by atoms with Gasteiger partial charge in [0.05, 0.1) is 11.8 Å². The van der Waals surface area contributed by atoms with Crippen molar-refractivity contribution in [3.8, 4) is 0 Å². The van der Waals surface area contributed by atoms with E-state index in [2.05, 4.69) is 25.2 Å². The van der Waals surface area contributed by atoms with E-state index in [4.69, 9.17) is 33.4 Å². The highest BCUT2D eigenvalue weighted by molar-refractivity contribution is 7.85. The fourth-order valence-electron chi connectivity index (χ4n) is 3.99. The fraction of sp³-hybridized carbons (Fsp3) is 0.435. The van der Waals surface area contributed by atoms with Crippen molar-refractivity contribution < 1.29 is 22.6 Å². The first kappa shape index (κ1) is 29.2. The lowest BCUT2D eigenvalue weighted by atomic mass is 10.0. The molecule has 1 aliphatic rings. The normalized spacial score (nSPS) is 15.4. The minimum Gasteiger partial charge on any atom is -0.382 e. The highest BCUT2D eigenvalue weighted by atomic mass is 35.5. The van der Waals surface area contributed by atoms with E-state index in [1.807, 2.05) is 12.1 Å². The fourth-order valence-corrected chi connectivity index (χ4v) is 4.68. The number of aromatic nitrogens is 2. The number of carbonyl (C=O) groups excluding carboxylic acids is 2. The van der Waals surface area contributed by atoms with Gasteiger partial charge in [-0.05, 0) is 31.2 Å². The van der Waals surface area contributed by atoms with Gasteiger partial charge in [0, 0.05) is 31.6 Å². The third-order valence-corrected chi connectivity index (χ3v) is 7.06. The van der Waals surface area contributed by atoms with Gasteiger partial charge in [-0.25, -0.2) is 15.0 Å². The Morgan fingerprint density at radius 1 is 1.11 bits per heavy atom. The second-order valence-corrected chi connectivity index (χ2v) is 10.9. The minimum atomic E-state index is -4.00. The van der Waals surface area contributed by atoms with Crippen LogP contribution in [0.4, 0.5) is 11.6 Å². The lowest BCUT2D eigenvalue weighted by Gasteiger charge is -2.30. The predicted octanol–water partition coefficient (Wildman–Crippen LogP) is 1.24. The second kappa shape index (κ2) is 13.0. The van der Waals surface area contributed by atoms with Crippen LogP contribution >= 0.6 is 11.6 Å². The molecule has 2 heterocycles. The molecule has 0 bridgehead atoms. The maximum absolute atomic E-state index is 12.4. The van der Waals surface area contributed by atoms with E-state index in [9.17, 15) is 18.0 Å². The molecule has 0 spiro atoms. The van der Waals surface area contributed by atoms with Crippen LogP contribution in [-0.2, 0) is 16.7 Å². The standard InChI is InChI=1S/C23H31ClN8O5S/c24-19-21(26)30-20(25)18(29-19)22(34)31-23(27)28-16-8-10-32(11-9-16)13-14-4-6-15(7-5-14)17(33)3-1-2-12-38(35,36)37/h4-7,16H,1-3,8-13H2,(H4,25,26,30)(H,35,36,37)(H3,27,28,31,34). The van der Waals surface area contributed by atoms with Crippen LogP contribution in [0, 0.1) is 0 Å². The Morgan fingerprint density at radius 2 is 1.76 bits per heavy atom. The van der Waals surface area contributed by atoms with Crippen molar-refractivity contribution >= 4 is 51.0 Å². The zero-order valence-electron chi connectivity index (χ0n) is 20.6. The first-order chi connectivity index (χ1) is 17.9. The highest BCUT2D eigenvalue weighted by Gasteiger charge is 2.21. The quantitative estimate of drug-likeness (QED) is 0.0904. The molecule has 1 aromatic carbocycles. The Kier molecular flexibility index (Phi) is 9.96. The molecule has 0 saturated carbocycles. The molecule has 1 amide bonds. The molecule has 1 aliphatic heterocycles. The number of rotatable bonds is 10. The Bertz CT molecular complexity index is 1300. The number of unbranched alkanes of at least 4 members (excludes halogenated alkanes) is 1. The topological polar surface area (TPSA) is 220 Å². The van der Waals surface area contributed by atoms with E-state index in [-0.39, 0.29) is 58.9 Å². The summed E-state index contributed by atoms with van der Waals surface area (Å²) in [7, 11) is -4.00. The first-order valence-corrected chi connectivity index (χ1v) is 13.9. The zero-order valence-corrected chi connectivity index (χ0v) is 22.2. The molecule has 0 radical (unpaired) electrons. The second-order valence-electron chi connectivity index (χ2n) is 8.97. The van der Waals surface area contributed by atoms with E-state index in [0.29, 0.717) is 18.5 Å². The number of Topliss-reactive ketones (excluding diaryl/α,β-unsaturated/α-hetero) is 1. The number of ketones is 1. The monoisotopic (exact) mass is 566 g/mol. The summed E-state index contributed by atoms with van der Waals surface area (Å²) in [6.45, 7) is 2.26. The molecule has 206 valence electrons. The van der Waals surface area contributed by atoms with Crippen molar-refractivity contribution in [1.29, 1.82) is 0 Å². The number of piperidine rings is 1. The van der Waals surface area contributed by atoms with Crippen LogP contribution in [0.3, 0.4) is 0 Å². The number of nitrogens with zero attached hydrogens (tertiary/aromatic N) is 4. The Morgan fingerprint density at radius 3 is 2.39 bits per heavy atom. The number of nitrogens with one attached hydrogen (secondary N) is 1. The molecule has 8 N–H and O–H groups in total. The van der Waals surface area contributed by atoms with Gasteiger partial charge in [0.1, 0.15) is 0 Å². The molecule has 1 fully saturated rings. The van der Waals surface area contributed by atoms with Crippen LogP contribution in [0.15, 0.2) is 29.3 Å². The molecule has 13 nitrogen and oxygen atoms in total. The summed E-state index contributed by atoms with van der Waals surface area (Å²) in [5.74, 6) is -1.39. The lowest BCUT2D eigenvalue weighted by molar-refractivity contribution is 0.0967. The summed E-state index contributed by atoms with van der Waals surface area (Å²) in [6.07, 6.45) is 2.34. The van der Waals surface area contributed by atoms with Gasteiger partial charge in [-0.15, -0.1) is 0 Å². The lowest BCUT2D eigenvalue weighted by Crippen LogP contribution is -2.40. The number of hydrogen-bond donors (Lipinski definition) is 5. The highest BCUT2D eigenvalue weighted by Crippen LogP contribution is 2.19. The van der Waals surface area contributed by atoms with Crippen LogP contribution in [0.25, 0.3) is 0 Å². The largest absolute Gasteiger partial charge is 0.382 e.